The van der Waals surface area contributed by atoms with E-state index in [0.717, 1.165) is 21.8 Å². The van der Waals surface area contributed by atoms with Crippen LogP contribution in [0, 0.1) is 6.92 Å². The lowest BCUT2D eigenvalue weighted by Crippen LogP contribution is -2.48. The van der Waals surface area contributed by atoms with Crippen LogP contribution in [0.2, 0.25) is 0 Å². The highest BCUT2D eigenvalue weighted by molar-refractivity contribution is 7.21. The number of hydrogen-bond acceptors (Lipinski definition) is 5. The van der Waals surface area contributed by atoms with Crippen molar-refractivity contribution in [2.24, 2.45) is 0 Å². The number of carbonyl (C=O) groups is 1. The van der Waals surface area contributed by atoms with Gasteiger partial charge in [-0.1, -0.05) is 6.07 Å². The maximum absolute atomic E-state index is 12.2. The maximum Gasteiger partial charge on any atom is 0.243 e. The van der Waals surface area contributed by atoms with Gasteiger partial charge in [0, 0.05) is 17.8 Å². The molecule has 1 unspecified atom stereocenters. The van der Waals surface area contributed by atoms with Gasteiger partial charge in [-0.2, -0.15) is 0 Å². The average molecular weight is 353 g/mol. The highest BCUT2D eigenvalue weighted by Crippen LogP contribution is 2.31. The molecule has 2 heterocycles. The van der Waals surface area contributed by atoms with E-state index in [1.807, 2.05) is 24.3 Å². The molecule has 1 aliphatic rings. The molecular weight excluding hydrogens is 334 g/mol. The number of nitrogens with zero attached hydrogens (tertiary/aromatic N) is 1. The van der Waals surface area contributed by atoms with Gasteiger partial charge in [0.1, 0.15) is 11.0 Å². The van der Waals surface area contributed by atoms with Crippen LogP contribution in [-0.2, 0) is 9.53 Å². The first-order chi connectivity index (χ1) is 12.2. The van der Waals surface area contributed by atoms with Crippen molar-refractivity contribution >= 4 is 33.1 Å². The SMILES string of the molecule is Cc1ccc2nc(-c3ccc(NC(=O)C4COCCN4)cc3)sc2c1. The quantitative estimate of drug-likeness (QED) is 0.759. The molecule has 4 rings (SSSR count). The van der Waals surface area contributed by atoms with Crippen LogP contribution in [0.4, 0.5) is 5.69 Å². The molecule has 0 bridgehead atoms. The van der Waals surface area contributed by atoms with Gasteiger partial charge >= 0.3 is 0 Å². The number of carbonyl (C=O) groups excluding carboxylic acids is 1. The second-order valence-electron chi connectivity index (χ2n) is 6.14. The fourth-order valence-electron chi connectivity index (χ4n) is 2.81. The fraction of sp³-hybridized carbons (Fsp3) is 0.263. The van der Waals surface area contributed by atoms with Crippen LogP contribution in [0.5, 0.6) is 0 Å². The monoisotopic (exact) mass is 353 g/mol. The third-order valence-electron chi connectivity index (χ3n) is 4.18. The van der Waals surface area contributed by atoms with E-state index in [1.165, 1.54) is 10.3 Å². The fourth-order valence-corrected chi connectivity index (χ4v) is 3.88. The molecule has 6 heteroatoms. The molecule has 1 aliphatic heterocycles. The van der Waals surface area contributed by atoms with Crippen LogP contribution in [0.15, 0.2) is 42.5 Å². The molecule has 0 saturated carbocycles. The van der Waals surface area contributed by atoms with Crippen molar-refractivity contribution in [3.8, 4) is 10.6 Å². The Bertz CT molecular complexity index is 899. The molecule has 128 valence electrons. The summed E-state index contributed by atoms with van der Waals surface area (Å²) in [6.07, 6.45) is 0. The first-order valence-corrected chi connectivity index (χ1v) is 9.10. The standard InChI is InChI=1S/C19H19N3O2S/c1-12-2-7-15-17(10-12)25-19(22-15)13-3-5-14(6-4-13)21-18(23)16-11-24-9-8-20-16/h2-7,10,16,20H,8-9,11H2,1H3,(H,21,23). The smallest absolute Gasteiger partial charge is 0.243 e. The van der Waals surface area contributed by atoms with Crippen molar-refractivity contribution in [2.75, 3.05) is 25.1 Å². The Kier molecular flexibility index (Phi) is 4.48. The number of amides is 1. The molecule has 1 atom stereocenters. The van der Waals surface area contributed by atoms with E-state index in [9.17, 15) is 4.79 Å². The van der Waals surface area contributed by atoms with E-state index in [1.54, 1.807) is 11.3 Å². The van der Waals surface area contributed by atoms with Crippen LogP contribution in [0.1, 0.15) is 5.56 Å². The summed E-state index contributed by atoms with van der Waals surface area (Å²) in [7, 11) is 0. The number of thiazole rings is 1. The number of benzene rings is 2. The predicted octanol–water partition coefficient (Wildman–Crippen LogP) is 3.20. The molecule has 1 amide bonds. The number of rotatable bonds is 3. The van der Waals surface area contributed by atoms with Crippen molar-refractivity contribution < 1.29 is 9.53 Å². The highest BCUT2D eigenvalue weighted by atomic mass is 32.1. The summed E-state index contributed by atoms with van der Waals surface area (Å²) in [5.41, 5.74) is 4.08. The van der Waals surface area contributed by atoms with Crippen molar-refractivity contribution in [1.82, 2.24) is 10.3 Å². The lowest BCUT2D eigenvalue weighted by atomic mass is 10.2. The normalized spacial score (nSPS) is 17.6. The van der Waals surface area contributed by atoms with Gasteiger partial charge in [-0.25, -0.2) is 4.98 Å². The zero-order chi connectivity index (χ0) is 17.2. The van der Waals surface area contributed by atoms with E-state index < -0.39 is 0 Å². The molecule has 1 saturated heterocycles. The van der Waals surface area contributed by atoms with Gasteiger partial charge < -0.3 is 15.4 Å². The minimum atomic E-state index is -0.291. The number of hydrogen-bond donors (Lipinski definition) is 2. The number of ether oxygens (including phenoxy) is 1. The van der Waals surface area contributed by atoms with Crippen molar-refractivity contribution in [3.63, 3.8) is 0 Å². The third kappa shape index (κ3) is 3.56. The summed E-state index contributed by atoms with van der Waals surface area (Å²) in [6.45, 7) is 3.85. The van der Waals surface area contributed by atoms with Crippen molar-refractivity contribution in [1.29, 1.82) is 0 Å². The first-order valence-electron chi connectivity index (χ1n) is 8.29. The van der Waals surface area contributed by atoms with Crippen molar-refractivity contribution in [2.45, 2.75) is 13.0 Å². The van der Waals surface area contributed by atoms with Gasteiger partial charge in [0.05, 0.1) is 23.4 Å². The lowest BCUT2D eigenvalue weighted by molar-refractivity contribution is -0.120. The number of aromatic nitrogens is 1. The second kappa shape index (κ2) is 6.92. The summed E-state index contributed by atoms with van der Waals surface area (Å²) >= 11 is 1.68. The maximum atomic E-state index is 12.2. The third-order valence-corrected chi connectivity index (χ3v) is 5.25. The van der Waals surface area contributed by atoms with E-state index in [4.69, 9.17) is 9.72 Å². The Balaban J connectivity index is 1.49. The summed E-state index contributed by atoms with van der Waals surface area (Å²) in [5.74, 6) is -0.0667. The number of anilines is 1. The van der Waals surface area contributed by atoms with Gasteiger partial charge in [0.25, 0.3) is 0 Å². The molecule has 5 nitrogen and oxygen atoms in total. The van der Waals surface area contributed by atoms with Crippen LogP contribution < -0.4 is 10.6 Å². The van der Waals surface area contributed by atoms with Gasteiger partial charge in [-0.3, -0.25) is 4.79 Å². The molecule has 1 fully saturated rings. The van der Waals surface area contributed by atoms with E-state index in [0.29, 0.717) is 19.8 Å². The molecule has 0 aliphatic carbocycles. The van der Waals surface area contributed by atoms with Crippen LogP contribution in [0.3, 0.4) is 0 Å². The number of morpholine rings is 1. The molecule has 3 aromatic rings. The van der Waals surface area contributed by atoms with Crippen molar-refractivity contribution in [3.05, 3.63) is 48.0 Å². The van der Waals surface area contributed by atoms with E-state index >= 15 is 0 Å². The molecule has 25 heavy (non-hydrogen) atoms. The predicted molar refractivity (Wildman–Crippen MR) is 101 cm³/mol. The minimum Gasteiger partial charge on any atom is -0.378 e. The van der Waals surface area contributed by atoms with Gasteiger partial charge in [0.2, 0.25) is 5.91 Å². The van der Waals surface area contributed by atoms with Gasteiger partial charge in [-0.15, -0.1) is 11.3 Å². The number of fused-ring (bicyclic) bond motifs is 1. The lowest BCUT2D eigenvalue weighted by Gasteiger charge is -2.22. The van der Waals surface area contributed by atoms with Crippen LogP contribution in [0.25, 0.3) is 20.8 Å². The van der Waals surface area contributed by atoms with Crippen LogP contribution >= 0.6 is 11.3 Å². The number of aryl methyl sites for hydroxylation is 1. The topological polar surface area (TPSA) is 63.2 Å². The summed E-state index contributed by atoms with van der Waals surface area (Å²) < 4.78 is 6.52. The first kappa shape index (κ1) is 16.2. The summed E-state index contributed by atoms with van der Waals surface area (Å²) in [5, 5.41) is 7.06. The van der Waals surface area contributed by atoms with Gasteiger partial charge in [-0.05, 0) is 48.9 Å². The molecule has 0 radical (unpaired) electrons. The summed E-state index contributed by atoms with van der Waals surface area (Å²) in [6, 6.07) is 13.8. The molecular formula is C19H19N3O2S. The van der Waals surface area contributed by atoms with E-state index in [-0.39, 0.29) is 11.9 Å². The highest BCUT2D eigenvalue weighted by Gasteiger charge is 2.21. The van der Waals surface area contributed by atoms with Gasteiger partial charge in [0.15, 0.2) is 0 Å². The largest absolute Gasteiger partial charge is 0.378 e. The zero-order valence-corrected chi connectivity index (χ0v) is 14.7. The number of nitrogens with one attached hydrogen (secondary N) is 2. The molecule has 0 spiro atoms. The average Bonchev–Trinajstić information content (AvgIpc) is 3.06. The minimum absolute atomic E-state index is 0.0667. The molecule has 1 aromatic heterocycles. The Morgan fingerprint density at radius 1 is 1.28 bits per heavy atom. The molecule has 2 aromatic carbocycles. The van der Waals surface area contributed by atoms with Crippen LogP contribution in [-0.4, -0.2) is 36.7 Å². The Morgan fingerprint density at radius 3 is 2.88 bits per heavy atom. The Morgan fingerprint density at radius 2 is 2.12 bits per heavy atom. The second-order valence-corrected chi connectivity index (χ2v) is 7.17. The summed E-state index contributed by atoms with van der Waals surface area (Å²) in [4.78, 5) is 16.9. The van der Waals surface area contributed by atoms with E-state index in [2.05, 4.69) is 35.8 Å². The zero-order valence-electron chi connectivity index (χ0n) is 13.9. The molecule has 2 N–H and O–H groups in total. The Hall–Kier alpha value is -2.28. The Labute approximate surface area is 150 Å².